The zero-order valence-electron chi connectivity index (χ0n) is 17.0. The van der Waals surface area contributed by atoms with Crippen molar-refractivity contribution in [2.45, 2.75) is 51.9 Å². The van der Waals surface area contributed by atoms with E-state index in [1.807, 2.05) is 50.4 Å². The minimum atomic E-state index is -0.735. The van der Waals surface area contributed by atoms with Gasteiger partial charge in [0.1, 0.15) is 11.0 Å². The summed E-state index contributed by atoms with van der Waals surface area (Å²) in [6.07, 6.45) is 1.26. The summed E-state index contributed by atoms with van der Waals surface area (Å²) in [5.41, 5.74) is 7.64. The van der Waals surface area contributed by atoms with Gasteiger partial charge in [-0.3, -0.25) is 9.59 Å². The number of thiazole rings is 1. The van der Waals surface area contributed by atoms with Gasteiger partial charge >= 0.3 is 0 Å². The molecule has 0 bridgehead atoms. The lowest BCUT2D eigenvalue weighted by Gasteiger charge is -2.32. The maximum absolute atomic E-state index is 12.8. The number of nitrogens with zero attached hydrogens (tertiary/aromatic N) is 2. The normalized spacial score (nSPS) is 20.5. The van der Waals surface area contributed by atoms with E-state index in [1.54, 1.807) is 17.5 Å². The topological polar surface area (TPSA) is 109 Å². The van der Waals surface area contributed by atoms with Gasteiger partial charge in [0.25, 0.3) is 0 Å². The molecule has 1 aliphatic rings. The molecule has 2 heterocycles. The van der Waals surface area contributed by atoms with Crippen LogP contribution in [0.2, 0.25) is 0 Å². The van der Waals surface area contributed by atoms with Gasteiger partial charge in [0.2, 0.25) is 11.8 Å². The minimum Gasteiger partial charge on any atom is -0.391 e. The quantitative estimate of drug-likeness (QED) is 0.688. The van der Waals surface area contributed by atoms with Crippen LogP contribution in [-0.2, 0) is 16.1 Å². The molecule has 0 saturated carbocycles. The Kier molecular flexibility index (Phi) is 6.36. The van der Waals surface area contributed by atoms with Crippen LogP contribution in [0.3, 0.4) is 0 Å². The third-order valence-corrected chi connectivity index (χ3v) is 5.99. The molecule has 8 heteroatoms. The number of carbonyl (C=O) groups is 2. The van der Waals surface area contributed by atoms with Crippen molar-refractivity contribution in [3.05, 3.63) is 41.4 Å². The van der Waals surface area contributed by atoms with E-state index >= 15 is 0 Å². The van der Waals surface area contributed by atoms with E-state index in [1.165, 1.54) is 4.90 Å². The molecule has 0 spiro atoms. The van der Waals surface area contributed by atoms with Crippen molar-refractivity contribution in [2.75, 3.05) is 6.54 Å². The number of amides is 2. The second kappa shape index (κ2) is 8.61. The van der Waals surface area contributed by atoms with Gasteiger partial charge in [-0.15, -0.1) is 11.3 Å². The fourth-order valence-electron chi connectivity index (χ4n) is 3.29. The average molecular weight is 417 g/mol. The van der Waals surface area contributed by atoms with E-state index in [4.69, 9.17) is 5.73 Å². The van der Waals surface area contributed by atoms with Crippen molar-refractivity contribution in [2.24, 2.45) is 11.1 Å². The number of aliphatic hydroxyl groups excluding tert-OH is 1. The Morgan fingerprint density at radius 1 is 1.34 bits per heavy atom. The lowest BCUT2D eigenvalue weighted by molar-refractivity contribution is -0.141. The molecular formula is C21H28N4O3S. The van der Waals surface area contributed by atoms with E-state index in [0.29, 0.717) is 6.54 Å². The highest BCUT2D eigenvalue weighted by molar-refractivity contribution is 7.13. The summed E-state index contributed by atoms with van der Waals surface area (Å²) in [6.45, 7) is 6.12. The summed E-state index contributed by atoms with van der Waals surface area (Å²) < 4.78 is 0. The molecular weight excluding hydrogens is 388 g/mol. The van der Waals surface area contributed by atoms with Crippen LogP contribution in [0.25, 0.3) is 10.6 Å². The summed E-state index contributed by atoms with van der Waals surface area (Å²) >= 11 is 1.57. The van der Waals surface area contributed by atoms with Gasteiger partial charge in [0.15, 0.2) is 0 Å². The highest BCUT2D eigenvalue weighted by Gasteiger charge is 2.42. The zero-order chi connectivity index (χ0) is 21.2. The first-order valence-corrected chi connectivity index (χ1v) is 10.6. The van der Waals surface area contributed by atoms with Crippen molar-refractivity contribution in [1.82, 2.24) is 15.2 Å². The SMILES string of the molecule is CC(C)(C)[C@H](N)C(=O)N1C[C@H](O)C[C@H]1C(=O)NCc1ccc(-c2nccs2)cc1. The van der Waals surface area contributed by atoms with Gasteiger partial charge in [-0.25, -0.2) is 4.98 Å². The number of hydrogen-bond acceptors (Lipinski definition) is 6. The first kappa shape index (κ1) is 21.4. The molecule has 4 N–H and O–H groups in total. The minimum absolute atomic E-state index is 0.128. The third-order valence-electron chi connectivity index (χ3n) is 5.16. The number of nitrogens with two attached hydrogens (primary N) is 1. The van der Waals surface area contributed by atoms with Crippen LogP contribution >= 0.6 is 11.3 Å². The molecule has 0 unspecified atom stereocenters. The standard InChI is InChI=1S/C21H28N4O3S/c1-21(2,3)17(22)20(28)25-12-15(26)10-16(25)18(27)24-11-13-4-6-14(7-5-13)19-23-8-9-29-19/h4-9,15-17,26H,10-12,22H2,1-3H3,(H,24,27)/t15-,16+,17-/m1/s1. The predicted molar refractivity (Wildman–Crippen MR) is 113 cm³/mol. The van der Waals surface area contributed by atoms with Crippen molar-refractivity contribution >= 4 is 23.2 Å². The summed E-state index contributed by atoms with van der Waals surface area (Å²) in [5.74, 6) is -0.581. The van der Waals surface area contributed by atoms with Crippen LogP contribution in [0.15, 0.2) is 35.8 Å². The Bertz CT molecular complexity index is 846. The number of nitrogens with one attached hydrogen (secondary N) is 1. The maximum Gasteiger partial charge on any atom is 0.243 e. The van der Waals surface area contributed by atoms with Crippen molar-refractivity contribution in [3.8, 4) is 10.6 Å². The first-order chi connectivity index (χ1) is 13.7. The molecule has 0 aliphatic carbocycles. The largest absolute Gasteiger partial charge is 0.391 e. The molecule has 1 saturated heterocycles. The van der Waals surface area contributed by atoms with Gasteiger partial charge in [0, 0.05) is 36.7 Å². The number of β-amino-alcohol motifs (C(OH)–C–C–N with tert-alkyl or cyclic N) is 1. The summed E-state index contributed by atoms with van der Waals surface area (Å²) in [4.78, 5) is 31.2. The number of benzene rings is 1. The molecule has 3 rings (SSSR count). The molecule has 0 radical (unpaired) electrons. The number of aliphatic hydroxyl groups is 1. The molecule has 1 aliphatic heterocycles. The molecule has 7 nitrogen and oxygen atoms in total. The van der Waals surface area contributed by atoms with Gasteiger partial charge in [-0.05, 0) is 11.0 Å². The fourth-order valence-corrected chi connectivity index (χ4v) is 3.94. The van der Waals surface area contributed by atoms with E-state index in [-0.39, 0.29) is 24.8 Å². The Labute approximate surface area is 174 Å². The van der Waals surface area contributed by atoms with Gasteiger partial charge < -0.3 is 21.1 Å². The van der Waals surface area contributed by atoms with Crippen molar-refractivity contribution in [1.29, 1.82) is 0 Å². The van der Waals surface area contributed by atoms with Crippen molar-refractivity contribution < 1.29 is 14.7 Å². The third kappa shape index (κ3) is 5.01. The van der Waals surface area contributed by atoms with Gasteiger partial charge in [-0.2, -0.15) is 0 Å². The van der Waals surface area contributed by atoms with Crippen molar-refractivity contribution in [3.63, 3.8) is 0 Å². The van der Waals surface area contributed by atoms with Crippen LogP contribution in [0.4, 0.5) is 0 Å². The number of rotatable bonds is 5. The number of hydrogen-bond donors (Lipinski definition) is 3. The number of carbonyl (C=O) groups excluding carboxylic acids is 2. The van der Waals surface area contributed by atoms with E-state index in [0.717, 1.165) is 16.1 Å². The van der Waals surface area contributed by atoms with Crippen LogP contribution in [0.5, 0.6) is 0 Å². The lowest BCUT2D eigenvalue weighted by Crippen LogP contribution is -2.54. The second-order valence-corrected chi connectivity index (χ2v) is 9.39. The molecule has 2 aromatic rings. The monoisotopic (exact) mass is 416 g/mol. The first-order valence-electron chi connectivity index (χ1n) is 9.67. The number of likely N-dealkylation sites (tertiary alicyclic amines) is 1. The number of aromatic nitrogens is 1. The Morgan fingerprint density at radius 3 is 2.62 bits per heavy atom. The highest BCUT2D eigenvalue weighted by atomic mass is 32.1. The molecule has 29 heavy (non-hydrogen) atoms. The molecule has 156 valence electrons. The van der Waals surface area contributed by atoms with E-state index in [9.17, 15) is 14.7 Å². The Balaban J connectivity index is 1.62. The molecule has 1 aromatic carbocycles. The Morgan fingerprint density at radius 2 is 2.03 bits per heavy atom. The fraction of sp³-hybridized carbons (Fsp3) is 0.476. The molecule has 1 aromatic heterocycles. The molecule has 1 fully saturated rings. The highest BCUT2D eigenvalue weighted by Crippen LogP contribution is 2.25. The van der Waals surface area contributed by atoms with Crippen LogP contribution in [0.1, 0.15) is 32.8 Å². The summed E-state index contributed by atoms with van der Waals surface area (Å²) in [5, 5.41) is 15.8. The average Bonchev–Trinajstić information content (AvgIpc) is 3.34. The second-order valence-electron chi connectivity index (χ2n) is 8.49. The van der Waals surface area contributed by atoms with Crippen LogP contribution < -0.4 is 11.1 Å². The summed E-state index contributed by atoms with van der Waals surface area (Å²) in [7, 11) is 0. The van der Waals surface area contributed by atoms with Crippen LogP contribution in [0, 0.1) is 5.41 Å². The summed E-state index contributed by atoms with van der Waals surface area (Å²) in [6, 6.07) is 6.38. The van der Waals surface area contributed by atoms with E-state index in [2.05, 4.69) is 10.3 Å². The zero-order valence-corrected chi connectivity index (χ0v) is 17.8. The van der Waals surface area contributed by atoms with Crippen LogP contribution in [-0.4, -0.2) is 51.5 Å². The predicted octanol–water partition coefficient (Wildman–Crippen LogP) is 1.76. The molecule has 2 amide bonds. The maximum atomic E-state index is 12.8. The lowest BCUT2D eigenvalue weighted by atomic mass is 9.86. The van der Waals surface area contributed by atoms with Gasteiger partial charge in [-0.1, -0.05) is 45.0 Å². The Hall–Kier alpha value is -2.29. The molecule has 3 atom stereocenters. The van der Waals surface area contributed by atoms with E-state index < -0.39 is 23.6 Å². The van der Waals surface area contributed by atoms with Gasteiger partial charge in [0.05, 0.1) is 12.1 Å². The smallest absolute Gasteiger partial charge is 0.243 e.